The van der Waals surface area contributed by atoms with Gasteiger partial charge in [-0.2, -0.15) is 0 Å². The van der Waals surface area contributed by atoms with E-state index in [0.29, 0.717) is 6.42 Å². The summed E-state index contributed by atoms with van der Waals surface area (Å²) in [4.78, 5) is 0. The summed E-state index contributed by atoms with van der Waals surface area (Å²) >= 11 is 0. The van der Waals surface area contributed by atoms with Crippen LogP contribution in [0, 0.1) is 0 Å². The van der Waals surface area contributed by atoms with Crippen molar-refractivity contribution in [3.63, 3.8) is 0 Å². The van der Waals surface area contributed by atoms with Gasteiger partial charge in [0.2, 0.25) is 0 Å². The third kappa shape index (κ3) is 8.15. The molecule has 0 unspecified atom stereocenters. The molecule has 21 heavy (non-hydrogen) atoms. The van der Waals surface area contributed by atoms with Crippen molar-refractivity contribution in [2.75, 3.05) is 26.4 Å². The lowest BCUT2D eigenvalue weighted by Gasteiger charge is -2.20. The first-order valence-electron chi connectivity index (χ1n) is 7.07. The maximum Gasteiger partial charge on any atom is 0.529 e. The fourth-order valence-corrected chi connectivity index (χ4v) is 4.27. The van der Waals surface area contributed by atoms with Gasteiger partial charge in [-0.3, -0.25) is 13.6 Å². The lowest BCUT2D eigenvalue weighted by atomic mass is 10.4. The summed E-state index contributed by atoms with van der Waals surface area (Å²) in [6.45, 7) is 9.31. The van der Waals surface area contributed by atoms with Crippen LogP contribution in [-0.2, 0) is 31.7 Å². The lowest BCUT2D eigenvalue weighted by Crippen LogP contribution is -2.01. The van der Waals surface area contributed by atoms with Gasteiger partial charge in [-0.05, 0) is 27.7 Å². The number of phosphoric ester groups is 1. The van der Waals surface area contributed by atoms with Gasteiger partial charge in [-0.15, -0.1) is 0 Å². The first-order valence-corrected chi connectivity index (χ1v) is 10.1. The lowest BCUT2D eigenvalue weighted by molar-refractivity contribution is 0.143. The van der Waals surface area contributed by atoms with Gasteiger partial charge in [-0.25, -0.2) is 4.57 Å². The van der Waals surface area contributed by atoms with E-state index in [2.05, 4.69) is 0 Å². The molecule has 7 nitrogen and oxygen atoms in total. The van der Waals surface area contributed by atoms with E-state index in [4.69, 9.17) is 22.6 Å². The topological polar surface area (TPSA) is 80.3 Å². The summed E-state index contributed by atoms with van der Waals surface area (Å²) in [5.41, 5.74) is 0. The number of rotatable bonds is 12. The third-order valence-electron chi connectivity index (χ3n) is 2.07. The van der Waals surface area contributed by atoms with Gasteiger partial charge in [0.05, 0.1) is 32.2 Å². The first-order chi connectivity index (χ1) is 9.88. The van der Waals surface area contributed by atoms with Crippen molar-refractivity contribution >= 4 is 15.4 Å². The maximum absolute atomic E-state index is 12.4. The van der Waals surface area contributed by atoms with Crippen molar-refractivity contribution in [2.45, 2.75) is 41.0 Å². The standard InChI is InChI=1S/C12H26O7P2/c1-6-12(11-20(13,15-7-2)16-8-3)19-21(14,17-9-4)18-10-5/h11H,6-10H2,1-5H3/b12-11-. The molecule has 0 radical (unpaired) electrons. The van der Waals surface area contributed by atoms with Crippen LogP contribution in [0.1, 0.15) is 41.0 Å². The van der Waals surface area contributed by atoms with Gasteiger partial charge in [-0.1, -0.05) is 6.92 Å². The van der Waals surface area contributed by atoms with Crippen molar-refractivity contribution in [3.05, 3.63) is 11.6 Å². The Morgan fingerprint density at radius 3 is 1.57 bits per heavy atom. The number of allylic oxidation sites excluding steroid dienone is 1. The monoisotopic (exact) mass is 344 g/mol. The Hall–Kier alpha value is -0.160. The molecule has 0 saturated heterocycles. The highest BCUT2D eigenvalue weighted by molar-refractivity contribution is 7.57. The number of hydrogen-bond donors (Lipinski definition) is 0. The van der Waals surface area contributed by atoms with Crippen molar-refractivity contribution in [1.29, 1.82) is 0 Å². The Labute approximate surface area is 127 Å². The Bertz CT molecular complexity index is 388. The van der Waals surface area contributed by atoms with Gasteiger partial charge in [0.1, 0.15) is 5.76 Å². The van der Waals surface area contributed by atoms with Crippen molar-refractivity contribution in [1.82, 2.24) is 0 Å². The van der Waals surface area contributed by atoms with E-state index in [0.717, 1.165) is 0 Å². The fraction of sp³-hybridized carbons (Fsp3) is 0.833. The molecular weight excluding hydrogens is 318 g/mol. The Morgan fingerprint density at radius 1 is 0.810 bits per heavy atom. The van der Waals surface area contributed by atoms with Crippen LogP contribution >= 0.6 is 15.4 Å². The zero-order valence-corrected chi connectivity index (χ0v) is 15.2. The van der Waals surface area contributed by atoms with Gasteiger partial charge < -0.3 is 13.6 Å². The third-order valence-corrected chi connectivity index (χ3v) is 5.52. The summed E-state index contributed by atoms with van der Waals surface area (Å²) in [6, 6.07) is 0. The van der Waals surface area contributed by atoms with Crippen LogP contribution in [0.5, 0.6) is 0 Å². The van der Waals surface area contributed by atoms with Crippen LogP contribution in [0.3, 0.4) is 0 Å². The largest absolute Gasteiger partial charge is 0.529 e. The summed E-state index contributed by atoms with van der Waals surface area (Å²) in [6.07, 6.45) is 0.342. The summed E-state index contributed by atoms with van der Waals surface area (Å²) in [7, 11) is -7.15. The predicted octanol–water partition coefficient (Wildman–Crippen LogP) is 4.70. The van der Waals surface area contributed by atoms with Gasteiger partial charge in [0.15, 0.2) is 0 Å². The molecule has 0 aromatic heterocycles. The molecule has 0 atom stereocenters. The molecule has 9 heteroatoms. The molecule has 0 aliphatic rings. The highest BCUT2D eigenvalue weighted by atomic mass is 31.2. The molecule has 0 bridgehead atoms. The molecule has 0 aromatic carbocycles. The van der Waals surface area contributed by atoms with Crippen LogP contribution in [0.2, 0.25) is 0 Å². The minimum absolute atomic E-state index is 0.169. The molecule has 0 N–H and O–H groups in total. The molecule has 0 saturated carbocycles. The van der Waals surface area contributed by atoms with Crippen LogP contribution in [0.25, 0.3) is 0 Å². The quantitative estimate of drug-likeness (QED) is 0.375. The summed E-state index contributed by atoms with van der Waals surface area (Å²) < 4.78 is 50.4. The molecule has 0 aromatic rings. The van der Waals surface area contributed by atoms with Crippen LogP contribution < -0.4 is 0 Å². The zero-order chi connectivity index (χ0) is 16.4. The highest BCUT2D eigenvalue weighted by Gasteiger charge is 2.30. The second-order valence-electron chi connectivity index (χ2n) is 3.70. The zero-order valence-electron chi connectivity index (χ0n) is 13.4. The highest BCUT2D eigenvalue weighted by Crippen LogP contribution is 2.55. The van der Waals surface area contributed by atoms with Gasteiger partial charge in [0.25, 0.3) is 0 Å². The van der Waals surface area contributed by atoms with Crippen molar-refractivity contribution in [3.8, 4) is 0 Å². The number of phosphoric acid groups is 1. The van der Waals surface area contributed by atoms with Crippen LogP contribution in [0.15, 0.2) is 11.6 Å². The fourth-order valence-electron chi connectivity index (χ4n) is 1.38. The van der Waals surface area contributed by atoms with Crippen LogP contribution in [-0.4, -0.2) is 26.4 Å². The maximum atomic E-state index is 12.4. The van der Waals surface area contributed by atoms with E-state index in [-0.39, 0.29) is 32.2 Å². The normalized spacial score (nSPS) is 13.5. The van der Waals surface area contributed by atoms with E-state index in [1.807, 2.05) is 0 Å². The van der Waals surface area contributed by atoms with Crippen molar-refractivity contribution in [2.24, 2.45) is 0 Å². The minimum Gasteiger partial charge on any atom is -0.408 e. The Morgan fingerprint density at radius 2 is 1.24 bits per heavy atom. The second-order valence-corrected chi connectivity index (χ2v) is 7.15. The minimum atomic E-state index is -3.72. The molecular formula is C12H26O7P2. The molecule has 0 fully saturated rings. The van der Waals surface area contributed by atoms with Crippen LogP contribution in [0.4, 0.5) is 0 Å². The Kier molecular flexibility index (Phi) is 10.5. The molecule has 126 valence electrons. The number of hydrogen-bond acceptors (Lipinski definition) is 7. The molecule has 0 rings (SSSR count). The summed E-state index contributed by atoms with van der Waals surface area (Å²) in [5.74, 6) is 1.41. The average molecular weight is 344 g/mol. The molecule has 0 spiro atoms. The van der Waals surface area contributed by atoms with E-state index >= 15 is 0 Å². The molecule has 0 heterocycles. The van der Waals surface area contributed by atoms with E-state index in [1.54, 1.807) is 34.6 Å². The van der Waals surface area contributed by atoms with E-state index < -0.39 is 15.4 Å². The smallest absolute Gasteiger partial charge is 0.408 e. The van der Waals surface area contributed by atoms with E-state index in [9.17, 15) is 9.13 Å². The van der Waals surface area contributed by atoms with Crippen molar-refractivity contribution < 1.29 is 31.7 Å². The van der Waals surface area contributed by atoms with E-state index in [1.165, 1.54) is 5.82 Å². The predicted molar refractivity (Wildman–Crippen MR) is 81.2 cm³/mol. The Balaban J connectivity index is 5.23. The average Bonchev–Trinajstić information content (AvgIpc) is 2.38. The molecule has 0 aliphatic carbocycles. The molecule has 0 aliphatic heterocycles. The summed E-state index contributed by atoms with van der Waals surface area (Å²) in [5, 5.41) is 0. The second kappa shape index (κ2) is 10.5. The first kappa shape index (κ1) is 20.8. The van der Waals surface area contributed by atoms with Gasteiger partial charge in [0, 0.05) is 6.42 Å². The molecule has 0 amide bonds. The van der Waals surface area contributed by atoms with Gasteiger partial charge >= 0.3 is 15.4 Å². The SMILES string of the molecule is CCOP(=O)(/C=C(/CC)OP(=O)(OCC)OCC)OCC.